The van der Waals surface area contributed by atoms with Gasteiger partial charge in [0, 0.05) is 18.2 Å². The Morgan fingerprint density at radius 2 is 2.26 bits per heavy atom. The van der Waals surface area contributed by atoms with Crippen molar-refractivity contribution < 1.29 is 9.53 Å². The number of benzene rings is 1. The Labute approximate surface area is 113 Å². The van der Waals surface area contributed by atoms with E-state index in [2.05, 4.69) is 11.4 Å². The van der Waals surface area contributed by atoms with E-state index in [0.717, 1.165) is 0 Å². The summed E-state index contributed by atoms with van der Waals surface area (Å²) in [6, 6.07) is 9.15. The fourth-order valence-corrected chi connectivity index (χ4v) is 1.30. The molecule has 0 unspecified atom stereocenters. The highest BCUT2D eigenvalue weighted by molar-refractivity contribution is 5.97. The van der Waals surface area contributed by atoms with Crippen LogP contribution < -0.4 is 15.8 Å². The Kier molecular flexibility index (Phi) is 5.34. The van der Waals surface area contributed by atoms with Gasteiger partial charge in [0.1, 0.15) is 5.75 Å². The third-order valence-corrected chi connectivity index (χ3v) is 2.38. The number of carbonyl (C=O) groups excluding carboxylic acids is 1. The van der Waals surface area contributed by atoms with Crippen LogP contribution in [-0.2, 0) is 4.79 Å². The molecule has 0 saturated carbocycles. The van der Waals surface area contributed by atoms with Crippen molar-refractivity contribution in [1.82, 2.24) is 0 Å². The maximum Gasteiger partial charge on any atom is 0.243 e. The van der Waals surface area contributed by atoms with Gasteiger partial charge in [0.05, 0.1) is 18.2 Å². The molecule has 0 fully saturated rings. The first-order valence-corrected chi connectivity index (χ1v) is 6.13. The molecule has 0 atom stereocenters. The summed E-state index contributed by atoms with van der Waals surface area (Å²) in [5.74, 6) is 0.402. The van der Waals surface area contributed by atoms with E-state index in [1.54, 1.807) is 38.1 Å². The van der Waals surface area contributed by atoms with Gasteiger partial charge in [-0.25, -0.2) is 0 Å². The monoisotopic (exact) mass is 261 g/mol. The lowest BCUT2D eigenvalue weighted by molar-refractivity contribution is -0.120. The van der Waals surface area contributed by atoms with E-state index in [1.807, 2.05) is 0 Å². The zero-order valence-corrected chi connectivity index (χ0v) is 11.3. The number of hydrogen-bond donors (Lipinski definition) is 2. The molecule has 0 saturated heterocycles. The molecule has 1 rings (SSSR count). The second-order valence-electron chi connectivity index (χ2n) is 4.81. The van der Waals surface area contributed by atoms with Crippen molar-refractivity contribution in [2.75, 3.05) is 11.9 Å². The molecule has 19 heavy (non-hydrogen) atoms. The number of rotatable bonds is 6. The van der Waals surface area contributed by atoms with Crippen molar-refractivity contribution in [1.29, 1.82) is 5.26 Å². The summed E-state index contributed by atoms with van der Waals surface area (Å²) in [6.45, 7) is 3.77. The lowest BCUT2D eigenvalue weighted by Crippen LogP contribution is -2.45. The minimum absolute atomic E-state index is 0.255. The standard InChI is InChI=1S/C14H19N3O2/c1-14(2,16)13(18)17-11-6-5-7-12(10-11)19-9-4-3-8-15/h5-7,10H,3-4,9,16H2,1-2H3,(H,17,18). The van der Waals surface area contributed by atoms with Gasteiger partial charge >= 0.3 is 0 Å². The average Bonchev–Trinajstić information content (AvgIpc) is 2.34. The summed E-state index contributed by atoms with van der Waals surface area (Å²) in [5, 5.41) is 11.1. The van der Waals surface area contributed by atoms with Crippen LogP contribution in [0.25, 0.3) is 0 Å². The van der Waals surface area contributed by atoms with Crippen molar-refractivity contribution >= 4 is 11.6 Å². The van der Waals surface area contributed by atoms with Crippen LogP contribution in [0.2, 0.25) is 0 Å². The van der Waals surface area contributed by atoms with Gasteiger partial charge in [0.15, 0.2) is 0 Å². The summed E-state index contributed by atoms with van der Waals surface area (Å²) >= 11 is 0. The molecule has 0 aliphatic heterocycles. The molecule has 0 spiro atoms. The molecule has 102 valence electrons. The Balaban J connectivity index is 2.57. The predicted octanol–water partition coefficient (Wildman–Crippen LogP) is 2.04. The highest BCUT2D eigenvalue weighted by Gasteiger charge is 2.21. The number of anilines is 1. The number of carbonyl (C=O) groups is 1. The van der Waals surface area contributed by atoms with Crippen LogP contribution in [0, 0.1) is 11.3 Å². The summed E-state index contributed by atoms with van der Waals surface area (Å²) < 4.78 is 5.48. The van der Waals surface area contributed by atoms with Crippen molar-refractivity contribution in [3.05, 3.63) is 24.3 Å². The van der Waals surface area contributed by atoms with Gasteiger partial charge in [0.2, 0.25) is 5.91 Å². The van der Waals surface area contributed by atoms with Crippen molar-refractivity contribution in [3.63, 3.8) is 0 Å². The predicted molar refractivity (Wildman–Crippen MR) is 73.7 cm³/mol. The zero-order valence-electron chi connectivity index (χ0n) is 11.3. The number of nitrogens with two attached hydrogens (primary N) is 1. The largest absolute Gasteiger partial charge is 0.493 e. The van der Waals surface area contributed by atoms with E-state index in [1.165, 1.54) is 0 Å². The average molecular weight is 261 g/mol. The molecule has 5 nitrogen and oxygen atoms in total. The highest BCUT2D eigenvalue weighted by Crippen LogP contribution is 2.18. The highest BCUT2D eigenvalue weighted by atomic mass is 16.5. The molecule has 0 bridgehead atoms. The van der Waals surface area contributed by atoms with E-state index in [9.17, 15) is 4.79 Å². The molecule has 0 aliphatic rings. The lowest BCUT2D eigenvalue weighted by atomic mass is 10.1. The van der Waals surface area contributed by atoms with Crippen molar-refractivity contribution in [3.8, 4) is 11.8 Å². The normalized spacial score (nSPS) is 10.6. The van der Waals surface area contributed by atoms with Crippen molar-refractivity contribution in [2.45, 2.75) is 32.2 Å². The molecule has 0 aromatic heterocycles. The van der Waals surface area contributed by atoms with Crippen LogP contribution in [0.1, 0.15) is 26.7 Å². The number of nitriles is 1. The van der Waals surface area contributed by atoms with Gasteiger partial charge < -0.3 is 15.8 Å². The van der Waals surface area contributed by atoms with Crippen LogP contribution in [0.15, 0.2) is 24.3 Å². The third kappa shape index (κ3) is 5.40. The second kappa shape index (κ2) is 6.76. The molecular formula is C14H19N3O2. The van der Waals surface area contributed by atoms with Gasteiger partial charge in [-0.2, -0.15) is 5.26 Å². The maximum atomic E-state index is 11.7. The van der Waals surface area contributed by atoms with Gasteiger partial charge in [-0.15, -0.1) is 0 Å². The number of nitrogens with one attached hydrogen (secondary N) is 1. The molecule has 0 heterocycles. The summed E-state index contributed by atoms with van der Waals surface area (Å²) in [6.07, 6.45) is 1.15. The molecule has 1 amide bonds. The third-order valence-electron chi connectivity index (χ3n) is 2.38. The number of hydrogen-bond acceptors (Lipinski definition) is 4. The van der Waals surface area contributed by atoms with Crippen LogP contribution >= 0.6 is 0 Å². The topological polar surface area (TPSA) is 88.1 Å². The van der Waals surface area contributed by atoms with E-state index in [-0.39, 0.29) is 5.91 Å². The molecule has 5 heteroatoms. The van der Waals surface area contributed by atoms with E-state index >= 15 is 0 Å². The first kappa shape index (κ1) is 15.0. The number of ether oxygens (including phenoxy) is 1. The summed E-state index contributed by atoms with van der Waals surface area (Å²) in [5.41, 5.74) is 5.42. The molecule has 0 radical (unpaired) electrons. The first-order valence-electron chi connectivity index (χ1n) is 6.13. The van der Waals surface area contributed by atoms with Crippen LogP contribution in [0.3, 0.4) is 0 Å². The Morgan fingerprint density at radius 3 is 2.89 bits per heavy atom. The molecule has 1 aromatic rings. The summed E-state index contributed by atoms with van der Waals surface area (Å²) in [4.78, 5) is 11.7. The van der Waals surface area contributed by atoms with Crippen LogP contribution in [-0.4, -0.2) is 18.1 Å². The SMILES string of the molecule is CC(C)(N)C(=O)Nc1cccc(OCCCC#N)c1. The van der Waals surface area contributed by atoms with E-state index in [4.69, 9.17) is 15.7 Å². The van der Waals surface area contributed by atoms with Gasteiger partial charge in [-0.3, -0.25) is 4.79 Å². The Bertz CT molecular complexity index is 472. The molecule has 3 N–H and O–H groups in total. The van der Waals surface area contributed by atoms with Crippen LogP contribution in [0.5, 0.6) is 5.75 Å². The second-order valence-corrected chi connectivity index (χ2v) is 4.81. The van der Waals surface area contributed by atoms with E-state index < -0.39 is 5.54 Å². The fraction of sp³-hybridized carbons (Fsp3) is 0.429. The van der Waals surface area contributed by atoms with Gasteiger partial charge in [0.25, 0.3) is 0 Å². The first-order chi connectivity index (χ1) is 8.93. The van der Waals surface area contributed by atoms with Gasteiger partial charge in [-0.1, -0.05) is 6.07 Å². The quantitative estimate of drug-likeness (QED) is 0.767. The van der Waals surface area contributed by atoms with Crippen molar-refractivity contribution in [2.24, 2.45) is 5.73 Å². The lowest BCUT2D eigenvalue weighted by Gasteiger charge is -2.18. The smallest absolute Gasteiger partial charge is 0.243 e. The molecular weight excluding hydrogens is 242 g/mol. The molecule has 0 aliphatic carbocycles. The number of nitrogens with zero attached hydrogens (tertiary/aromatic N) is 1. The Hall–Kier alpha value is -2.06. The zero-order chi connectivity index (χ0) is 14.3. The minimum Gasteiger partial charge on any atom is -0.493 e. The van der Waals surface area contributed by atoms with Crippen LogP contribution in [0.4, 0.5) is 5.69 Å². The van der Waals surface area contributed by atoms with Gasteiger partial charge in [-0.05, 0) is 32.4 Å². The molecule has 1 aromatic carbocycles. The minimum atomic E-state index is -0.927. The van der Waals surface area contributed by atoms with E-state index in [0.29, 0.717) is 30.9 Å². The summed E-state index contributed by atoms with van der Waals surface area (Å²) in [7, 11) is 0. The fourth-order valence-electron chi connectivity index (χ4n) is 1.30. The number of amides is 1. The number of unbranched alkanes of at least 4 members (excludes halogenated alkanes) is 1. The maximum absolute atomic E-state index is 11.7. The Morgan fingerprint density at radius 1 is 1.53 bits per heavy atom.